The molecule has 25 heavy (non-hydrogen) atoms. The van der Waals surface area contributed by atoms with Gasteiger partial charge in [0.2, 0.25) is 11.8 Å². The standard InChI is InChI=1S/C20H24N2O3/c1-25-16-10-6-14(7-11-16)12-21(15-8-9-15)13-22-19(23)17-4-2-3-5-18(17)20(22)24/h2-3,6-7,10-11,15,17-18H,4-5,8-9,12-13H2,1H3/t17-,18+. The normalized spacial score (nSPS) is 25.6. The molecule has 0 bridgehead atoms. The molecule has 1 aromatic rings. The second kappa shape index (κ2) is 6.64. The lowest BCUT2D eigenvalue weighted by atomic mass is 9.85. The first-order valence-electron chi connectivity index (χ1n) is 9.04. The quantitative estimate of drug-likeness (QED) is 0.590. The lowest BCUT2D eigenvalue weighted by molar-refractivity contribution is -0.142. The summed E-state index contributed by atoms with van der Waals surface area (Å²) in [6, 6.07) is 8.47. The average Bonchev–Trinajstić information content (AvgIpc) is 3.46. The molecule has 1 saturated carbocycles. The van der Waals surface area contributed by atoms with Gasteiger partial charge in [-0.3, -0.25) is 19.4 Å². The van der Waals surface area contributed by atoms with Gasteiger partial charge in [-0.2, -0.15) is 0 Å². The van der Waals surface area contributed by atoms with Crippen LogP contribution < -0.4 is 4.74 Å². The van der Waals surface area contributed by atoms with Crippen molar-refractivity contribution < 1.29 is 14.3 Å². The van der Waals surface area contributed by atoms with E-state index in [1.54, 1.807) is 7.11 Å². The van der Waals surface area contributed by atoms with Crippen LogP contribution in [0, 0.1) is 11.8 Å². The number of fused-ring (bicyclic) bond motifs is 1. The summed E-state index contributed by atoms with van der Waals surface area (Å²) in [5, 5.41) is 0. The smallest absolute Gasteiger partial charge is 0.234 e. The molecular formula is C20H24N2O3. The van der Waals surface area contributed by atoms with E-state index in [-0.39, 0.29) is 23.7 Å². The molecule has 1 saturated heterocycles. The van der Waals surface area contributed by atoms with Crippen LogP contribution in [0.15, 0.2) is 36.4 Å². The molecule has 0 spiro atoms. The van der Waals surface area contributed by atoms with Gasteiger partial charge in [0.15, 0.2) is 0 Å². The molecule has 1 aliphatic heterocycles. The Bertz CT molecular complexity index is 667. The molecule has 0 radical (unpaired) electrons. The lowest BCUT2D eigenvalue weighted by Gasteiger charge is -2.27. The SMILES string of the molecule is COc1ccc(CN(CN2C(=O)[C@H]3CC=CC[C@H]3C2=O)C2CC2)cc1. The molecule has 4 rings (SSSR count). The van der Waals surface area contributed by atoms with Crippen LogP contribution in [-0.4, -0.2) is 41.4 Å². The molecule has 2 atom stereocenters. The number of hydrogen-bond donors (Lipinski definition) is 0. The number of likely N-dealkylation sites (tertiary alicyclic amines) is 1. The maximum absolute atomic E-state index is 12.7. The number of rotatable bonds is 6. The van der Waals surface area contributed by atoms with Gasteiger partial charge in [-0.25, -0.2) is 0 Å². The Morgan fingerprint density at radius 3 is 2.16 bits per heavy atom. The Morgan fingerprint density at radius 2 is 1.64 bits per heavy atom. The minimum absolute atomic E-state index is 0.0136. The number of ether oxygens (including phenoxy) is 1. The van der Waals surface area contributed by atoms with E-state index in [0.717, 1.165) is 25.1 Å². The fourth-order valence-electron chi connectivity index (χ4n) is 3.89. The molecular weight excluding hydrogens is 316 g/mol. The van der Waals surface area contributed by atoms with Gasteiger partial charge in [-0.15, -0.1) is 0 Å². The molecule has 2 aliphatic carbocycles. The van der Waals surface area contributed by atoms with Crippen molar-refractivity contribution in [3.8, 4) is 5.75 Å². The van der Waals surface area contributed by atoms with E-state index in [2.05, 4.69) is 4.90 Å². The van der Waals surface area contributed by atoms with Crippen molar-refractivity contribution in [3.05, 3.63) is 42.0 Å². The summed E-state index contributed by atoms with van der Waals surface area (Å²) in [6.45, 7) is 1.17. The highest BCUT2D eigenvalue weighted by atomic mass is 16.5. The summed E-state index contributed by atoms with van der Waals surface area (Å²) in [5.74, 6) is 0.585. The molecule has 5 heteroatoms. The Hall–Kier alpha value is -2.14. The third kappa shape index (κ3) is 3.21. The summed E-state index contributed by atoms with van der Waals surface area (Å²) >= 11 is 0. The molecule has 5 nitrogen and oxygen atoms in total. The van der Waals surface area contributed by atoms with Crippen LogP contribution in [0.1, 0.15) is 31.2 Å². The highest BCUT2D eigenvalue weighted by Crippen LogP contribution is 2.36. The molecule has 2 amide bonds. The predicted octanol–water partition coefficient (Wildman–Crippen LogP) is 2.57. The van der Waals surface area contributed by atoms with E-state index in [4.69, 9.17) is 4.74 Å². The number of methoxy groups -OCH3 is 1. The van der Waals surface area contributed by atoms with Crippen molar-refractivity contribution in [1.29, 1.82) is 0 Å². The Balaban J connectivity index is 1.46. The second-order valence-electron chi connectivity index (χ2n) is 7.23. The largest absolute Gasteiger partial charge is 0.497 e. The summed E-state index contributed by atoms with van der Waals surface area (Å²) in [4.78, 5) is 29.2. The summed E-state index contributed by atoms with van der Waals surface area (Å²) in [7, 11) is 1.66. The molecule has 0 unspecified atom stereocenters. The van der Waals surface area contributed by atoms with Crippen molar-refractivity contribution in [3.63, 3.8) is 0 Å². The number of imide groups is 1. The number of carbonyl (C=O) groups excluding carboxylic acids is 2. The maximum Gasteiger partial charge on any atom is 0.234 e. The fraction of sp³-hybridized carbons (Fsp3) is 0.500. The van der Waals surface area contributed by atoms with Gasteiger partial charge in [0, 0.05) is 12.6 Å². The van der Waals surface area contributed by atoms with E-state index in [1.807, 2.05) is 36.4 Å². The van der Waals surface area contributed by atoms with Crippen molar-refractivity contribution in [2.75, 3.05) is 13.8 Å². The topological polar surface area (TPSA) is 49.9 Å². The lowest BCUT2D eigenvalue weighted by Crippen LogP contribution is -2.42. The molecule has 132 valence electrons. The molecule has 3 aliphatic rings. The van der Waals surface area contributed by atoms with Gasteiger partial charge >= 0.3 is 0 Å². The Morgan fingerprint density at radius 1 is 1.04 bits per heavy atom. The fourth-order valence-corrected chi connectivity index (χ4v) is 3.89. The number of allylic oxidation sites excluding steroid dienone is 2. The first-order chi connectivity index (χ1) is 12.2. The number of carbonyl (C=O) groups is 2. The average molecular weight is 340 g/mol. The number of amides is 2. The molecule has 2 fully saturated rings. The van der Waals surface area contributed by atoms with Gasteiger partial charge in [-0.05, 0) is 43.4 Å². The molecule has 0 N–H and O–H groups in total. The van der Waals surface area contributed by atoms with E-state index in [1.165, 1.54) is 10.5 Å². The zero-order chi connectivity index (χ0) is 17.4. The minimum atomic E-state index is -0.139. The highest BCUT2D eigenvalue weighted by molar-refractivity contribution is 6.05. The molecule has 1 aromatic carbocycles. The Kier molecular flexibility index (Phi) is 4.34. The van der Waals surface area contributed by atoms with Crippen LogP contribution in [-0.2, 0) is 16.1 Å². The van der Waals surface area contributed by atoms with Crippen LogP contribution in [0.25, 0.3) is 0 Å². The van der Waals surface area contributed by atoms with Gasteiger partial charge in [0.25, 0.3) is 0 Å². The second-order valence-corrected chi connectivity index (χ2v) is 7.23. The van der Waals surface area contributed by atoms with E-state index < -0.39 is 0 Å². The van der Waals surface area contributed by atoms with Crippen molar-refractivity contribution in [1.82, 2.24) is 9.80 Å². The number of nitrogens with zero attached hydrogens (tertiary/aromatic N) is 2. The van der Waals surface area contributed by atoms with Crippen LogP contribution >= 0.6 is 0 Å². The number of hydrogen-bond acceptors (Lipinski definition) is 4. The van der Waals surface area contributed by atoms with Crippen molar-refractivity contribution in [2.45, 2.75) is 38.3 Å². The summed E-state index contributed by atoms with van der Waals surface area (Å²) in [6.07, 6.45) is 7.75. The minimum Gasteiger partial charge on any atom is -0.497 e. The van der Waals surface area contributed by atoms with Crippen LogP contribution in [0.3, 0.4) is 0 Å². The zero-order valence-corrected chi connectivity index (χ0v) is 14.6. The van der Waals surface area contributed by atoms with Gasteiger partial charge in [-0.1, -0.05) is 24.3 Å². The monoisotopic (exact) mass is 340 g/mol. The van der Waals surface area contributed by atoms with Gasteiger partial charge in [0.05, 0.1) is 25.6 Å². The van der Waals surface area contributed by atoms with E-state index >= 15 is 0 Å². The predicted molar refractivity (Wildman–Crippen MR) is 93.6 cm³/mol. The van der Waals surface area contributed by atoms with E-state index in [9.17, 15) is 9.59 Å². The molecule has 0 aromatic heterocycles. The van der Waals surface area contributed by atoms with Crippen LogP contribution in [0.5, 0.6) is 5.75 Å². The third-order valence-electron chi connectivity index (χ3n) is 5.53. The van der Waals surface area contributed by atoms with Gasteiger partial charge < -0.3 is 4.74 Å². The van der Waals surface area contributed by atoms with E-state index in [0.29, 0.717) is 25.6 Å². The highest BCUT2D eigenvalue weighted by Gasteiger charge is 2.48. The Labute approximate surface area is 148 Å². The molecule has 1 heterocycles. The van der Waals surface area contributed by atoms with Crippen molar-refractivity contribution in [2.24, 2.45) is 11.8 Å². The number of benzene rings is 1. The third-order valence-corrected chi connectivity index (χ3v) is 5.53. The maximum atomic E-state index is 12.7. The zero-order valence-electron chi connectivity index (χ0n) is 14.6. The first kappa shape index (κ1) is 16.3. The van der Waals surface area contributed by atoms with Gasteiger partial charge in [0.1, 0.15) is 5.75 Å². The van der Waals surface area contributed by atoms with Crippen molar-refractivity contribution >= 4 is 11.8 Å². The van der Waals surface area contributed by atoms with Crippen LogP contribution in [0.4, 0.5) is 0 Å². The summed E-state index contributed by atoms with van der Waals surface area (Å²) < 4.78 is 5.21. The first-order valence-corrected chi connectivity index (χ1v) is 9.04. The van der Waals surface area contributed by atoms with Crippen LogP contribution in [0.2, 0.25) is 0 Å². The summed E-state index contributed by atoms with van der Waals surface area (Å²) in [5.41, 5.74) is 1.17.